The van der Waals surface area contributed by atoms with Crippen LogP contribution < -0.4 is 11.1 Å². The van der Waals surface area contributed by atoms with Crippen LogP contribution in [0.1, 0.15) is 24.8 Å². The molecule has 0 fully saturated rings. The number of nitrogens with one attached hydrogen (secondary N) is 1. The van der Waals surface area contributed by atoms with E-state index in [-0.39, 0.29) is 11.8 Å². The van der Waals surface area contributed by atoms with Gasteiger partial charge in [-0.2, -0.15) is 0 Å². The quantitative estimate of drug-likeness (QED) is 0.595. The molecule has 0 spiro atoms. The summed E-state index contributed by atoms with van der Waals surface area (Å²) in [6, 6.07) is 7.04. The van der Waals surface area contributed by atoms with Crippen molar-refractivity contribution in [2.24, 2.45) is 0 Å². The zero-order chi connectivity index (χ0) is 14.7. The number of aromatic nitrogens is 2. The van der Waals surface area contributed by atoms with Crippen LogP contribution in [0.3, 0.4) is 0 Å². The van der Waals surface area contributed by atoms with Crippen LogP contribution in [0.5, 0.6) is 5.75 Å². The van der Waals surface area contributed by atoms with Crippen LogP contribution in [-0.2, 0) is 0 Å². The van der Waals surface area contributed by atoms with Crippen LogP contribution >= 0.6 is 0 Å². The van der Waals surface area contributed by atoms with Gasteiger partial charge in [0, 0.05) is 29.7 Å². The maximum absolute atomic E-state index is 9.65. The number of hydrogen-bond donors (Lipinski definition) is 3. The summed E-state index contributed by atoms with van der Waals surface area (Å²) in [5, 5.41) is 13.0. The smallest absolute Gasteiger partial charge is 0.223 e. The first-order valence-electron chi connectivity index (χ1n) is 7.05. The topological polar surface area (TPSA) is 84.1 Å². The van der Waals surface area contributed by atoms with Gasteiger partial charge in [0.15, 0.2) is 0 Å². The number of nitrogens with zero attached hydrogens (tertiary/aromatic N) is 2. The van der Waals surface area contributed by atoms with Crippen LogP contribution in [0.25, 0.3) is 5.57 Å². The molecule has 3 rings (SSSR count). The summed E-state index contributed by atoms with van der Waals surface area (Å²) >= 11 is 0. The lowest BCUT2D eigenvalue weighted by Crippen LogP contribution is -2.21. The second-order valence-corrected chi connectivity index (χ2v) is 5.18. The lowest BCUT2D eigenvalue weighted by molar-refractivity contribution is 0.475. The number of phenols is 1. The summed E-state index contributed by atoms with van der Waals surface area (Å²) in [4.78, 5) is 8.37. The van der Waals surface area contributed by atoms with Gasteiger partial charge in [0.1, 0.15) is 5.75 Å². The second-order valence-electron chi connectivity index (χ2n) is 5.18. The minimum Gasteiger partial charge on any atom is -0.508 e. The SMILES string of the molecule is Nc1ccc(O)cc1C1=CC(Nc2ncccn2)CCC1. The normalized spacial score (nSPS) is 18.1. The molecule has 108 valence electrons. The van der Waals surface area contributed by atoms with E-state index >= 15 is 0 Å². The van der Waals surface area contributed by atoms with Gasteiger partial charge < -0.3 is 16.2 Å². The van der Waals surface area contributed by atoms with Crippen LogP contribution in [0.4, 0.5) is 11.6 Å². The van der Waals surface area contributed by atoms with Crippen molar-refractivity contribution in [1.29, 1.82) is 0 Å². The zero-order valence-electron chi connectivity index (χ0n) is 11.7. The van der Waals surface area contributed by atoms with Gasteiger partial charge in [0.2, 0.25) is 5.95 Å². The molecule has 0 amide bonds. The van der Waals surface area contributed by atoms with E-state index in [9.17, 15) is 5.11 Å². The van der Waals surface area contributed by atoms with Crippen molar-refractivity contribution >= 4 is 17.2 Å². The van der Waals surface area contributed by atoms with Crippen molar-refractivity contribution in [3.05, 3.63) is 48.3 Å². The summed E-state index contributed by atoms with van der Waals surface area (Å²) in [6.07, 6.45) is 8.64. The van der Waals surface area contributed by atoms with Gasteiger partial charge in [-0.05, 0) is 49.1 Å². The molecule has 4 N–H and O–H groups in total. The van der Waals surface area contributed by atoms with E-state index in [0.717, 1.165) is 30.4 Å². The van der Waals surface area contributed by atoms with Gasteiger partial charge in [0.05, 0.1) is 0 Å². The van der Waals surface area contributed by atoms with Crippen molar-refractivity contribution in [2.45, 2.75) is 25.3 Å². The van der Waals surface area contributed by atoms with Crippen molar-refractivity contribution < 1.29 is 5.11 Å². The van der Waals surface area contributed by atoms with E-state index in [2.05, 4.69) is 21.4 Å². The Bertz CT molecular complexity index is 655. The van der Waals surface area contributed by atoms with Gasteiger partial charge in [-0.1, -0.05) is 6.08 Å². The van der Waals surface area contributed by atoms with Gasteiger partial charge in [-0.3, -0.25) is 0 Å². The third-order valence-electron chi connectivity index (χ3n) is 3.63. The van der Waals surface area contributed by atoms with Gasteiger partial charge in [-0.25, -0.2) is 9.97 Å². The number of aromatic hydroxyl groups is 1. The summed E-state index contributed by atoms with van der Waals surface area (Å²) in [5.41, 5.74) is 8.78. The Morgan fingerprint density at radius 1 is 1.24 bits per heavy atom. The molecule has 1 heterocycles. The predicted molar refractivity (Wildman–Crippen MR) is 83.8 cm³/mol. The molecule has 1 aromatic carbocycles. The zero-order valence-corrected chi connectivity index (χ0v) is 11.7. The Hall–Kier alpha value is -2.56. The fourth-order valence-electron chi connectivity index (χ4n) is 2.62. The van der Waals surface area contributed by atoms with Crippen LogP contribution in [0, 0.1) is 0 Å². The highest BCUT2D eigenvalue weighted by Crippen LogP contribution is 2.33. The van der Waals surface area contributed by atoms with E-state index in [4.69, 9.17) is 5.73 Å². The minimum absolute atomic E-state index is 0.179. The summed E-state index contributed by atoms with van der Waals surface area (Å²) in [6.45, 7) is 0. The molecule has 0 bridgehead atoms. The number of allylic oxidation sites excluding steroid dienone is 1. The molecule has 1 aliphatic rings. The van der Waals surface area contributed by atoms with Crippen LogP contribution in [0.2, 0.25) is 0 Å². The Balaban J connectivity index is 1.84. The number of nitrogens with two attached hydrogens (primary N) is 1. The highest BCUT2D eigenvalue weighted by atomic mass is 16.3. The third-order valence-corrected chi connectivity index (χ3v) is 3.63. The van der Waals surface area contributed by atoms with E-state index in [1.165, 1.54) is 0 Å². The first-order chi connectivity index (χ1) is 10.2. The molecule has 0 aliphatic heterocycles. The number of nitrogen functional groups attached to an aromatic ring is 1. The third kappa shape index (κ3) is 3.13. The summed E-state index contributed by atoms with van der Waals surface area (Å²) in [7, 11) is 0. The standard InChI is InChI=1S/C16H18N4O/c17-15-6-5-13(21)10-14(15)11-3-1-4-12(9-11)20-16-18-7-2-8-19-16/h2,5-10,12,21H,1,3-4,17H2,(H,18,19,20). The maximum atomic E-state index is 9.65. The second kappa shape index (κ2) is 5.83. The Morgan fingerprint density at radius 3 is 2.86 bits per heavy atom. The number of phenolic OH excluding ortho intramolecular Hbond substituents is 1. The molecule has 21 heavy (non-hydrogen) atoms. The first-order valence-corrected chi connectivity index (χ1v) is 7.05. The Labute approximate surface area is 123 Å². The number of benzene rings is 1. The van der Waals surface area contributed by atoms with E-state index in [0.29, 0.717) is 11.6 Å². The molecule has 1 unspecified atom stereocenters. The molecule has 1 aromatic heterocycles. The minimum atomic E-state index is 0.179. The summed E-state index contributed by atoms with van der Waals surface area (Å²) in [5.74, 6) is 0.866. The molecule has 1 atom stereocenters. The van der Waals surface area contributed by atoms with Crippen molar-refractivity contribution in [3.63, 3.8) is 0 Å². The van der Waals surface area contributed by atoms with Crippen LogP contribution in [-0.4, -0.2) is 21.1 Å². The molecule has 0 saturated heterocycles. The Kier molecular flexibility index (Phi) is 3.73. The highest BCUT2D eigenvalue weighted by molar-refractivity contribution is 5.77. The highest BCUT2D eigenvalue weighted by Gasteiger charge is 2.17. The molecule has 1 aliphatic carbocycles. The largest absolute Gasteiger partial charge is 0.508 e. The van der Waals surface area contributed by atoms with Gasteiger partial charge >= 0.3 is 0 Å². The van der Waals surface area contributed by atoms with Crippen molar-refractivity contribution in [1.82, 2.24) is 9.97 Å². The molecule has 5 nitrogen and oxygen atoms in total. The lowest BCUT2D eigenvalue weighted by Gasteiger charge is -2.23. The number of anilines is 2. The van der Waals surface area contributed by atoms with E-state index in [1.807, 2.05) is 0 Å². The molecule has 5 heteroatoms. The lowest BCUT2D eigenvalue weighted by atomic mass is 9.90. The summed E-state index contributed by atoms with van der Waals surface area (Å²) < 4.78 is 0. The van der Waals surface area contributed by atoms with E-state index < -0.39 is 0 Å². The van der Waals surface area contributed by atoms with Crippen molar-refractivity contribution in [2.75, 3.05) is 11.1 Å². The Morgan fingerprint density at radius 2 is 2.05 bits per heavy atom. The monoisotopic (exact) mass is 282 g/mol. The van der Waals surface area contributed by atoms with Crippen LogP contribution in [0.15, 0.2) is 42.7 Å². The molecule has 2 aromatic rings. The fourth-order valence-corrected chi connectivity index (χ4v) is 2.62. The molecule has 0 saturated carbocycles. The predicted octanol–water partition coefficient (Wildman–Crippen LogP) is 2.81. The first kappa shape index (κ1) is 13.4. The number of hydrogen-bond acceptors (Lipinski definition) is 5. The van der Waals surface area contributed by atoms with E-state index in [1.54, 1.807) is 36.7 Å². The molecular weight excluding hydrogens is 264 g/mol. The average molecular weight is 282 g/mol. The maximum Gasteiger partial charge on any atom is 0.223 e. The van der Waals surface area contributed by atoms with Gasteiger partial charge in [-0.15, -0.1) is 0 Å². The van der Waals surface area contributed by atoms with Gasteiger partial charge in [0.25, 0.3) is 0 Å². The fraction of sp³-hybridized carbons (Fsp3) is 0.250. The molecular formula is C16H18N4O. The average Bonchev–Trinajstić information content (AvgIpc) is 2.51. The molecule has 0 radical (unpaired) electrons. The number of rotatable bonds is 3. The van der Waals surface area contributed by atoms with Crippen molar-refractivity contribution in [3.8, 4) is 5.75 Å².